The lowest BCUT2D eigenvalue weighted by atomic mass is 9.98. The van der Waals surface area contributed by atoms with Crippen molar-refractivity contribution >= 4 is 33.4 Å². The predicted octanol–water partition coefficient (Wildman–Crippen LogP) is 2.55. The minimum atomic E-state index is -3.71. The lowest BCUT2D eigenvalue weighted by Gasteiger charge is -2.25. The molecule has 2 aromatic carbocycles. The highest BCUT2D eigenvalue weighted by molar-refractivity contribution is 7.90. The first kappa shape index (κ1) is 23.5. The van der Waals surface area contributed by atoms with E-state index in [4.69, 9.17) is 0 Å². The van der Waals surface area contributed by atoms with Gasteiger partial charge in [-0.1, -0.05) is 50.1 Å². The number of nitrogens with zero attached hydrogens (tertiary/aromatic N) is 2. The number of hydrogen-bond acceptors (Lipinski definition) is 5. The Balaban J connectivity index is 1.79. The monoisotopic (exact) mass is 456 g/mol. The summed E-state index contributed by atoms with van der Waals surface area (Å²) in [4.78, 5) is 31.6. The Morgan fingerprint density at radius 1 is 1.12 bits per heavy atom. The Morgan fingerprint density at radius 2 is 1.78 bits per heavy atom. The standard InChI is InChI=1S/C23H28N4O4S/c1-5-16(3)21(25-22-18-8-6-7-9-19(18)32(30,31)26-22)23(29)27(4)14-20(28)24-17-12-10-15(2)11-13-17/h6-13,16,21H,5,14H2,1-4H3,(H,24,28)(H,25,26)/t16-,21-/m0/s1. The third-order valence-corrected chi connectivity index (χ3v) is 6.86. The number of sulfonamides is 1. The number of likely N-dealkylation sites (N-methyl/N-ethyl adjacent to an activating group) is 1. The molecule has 3 rings (SSSR count). The molecule has 32 heavy (non-hydrogen) atoms. The highest BCUT2D eigenvalue weighted by Gasteiger charge is 2.34. The first-order valence-electron chi connectivity index (χ1n) is 10.4. The molecular weight excluding hydrogens is 428 g/mol. The number of fused-ring (bicyclic) bond motifs is 1. The first-order valence-corrected chi connectivity index (χ1v) is 11.9. The summed E-state index contributed by atoms with van der Waals surface area (Å²) in [6.45, 7) is 5.62. The second-order valence-electron chi connectivity index (χ2n) is 8.02. The summed E-state index contributed by atoms with van der Waals surface area (Å²) in [5.41, 5.74) is 2.17. The van der Waals surface area contributed by atoms with Crippen LogP contribution in [0.4, 0.5) is 5.69 Å². The van der Waals surface area contributed by atoms with Gasteiger partial charge in [0.25, 0.3) is 10.0 Å². The molecule has 0 aliphatic carbocycles. The van der Waals surface area contributed by atoms with Crippen LogP contribution >= 0.6 is 0 Å². The van der Waals surface area contributed by atoms with Crippen molar-refractivity contribution in [3.05, 3.63) is 59.7 Å². The van der Waals surface area contributed by atoms with Gasteiger partial charge in [-0.05, 0) is 37.1 Å². The van der Waals surface area contributed by atoms with Crippen LogP contribution in [0.3, 0.4) is 0 Å². The van der Waals surface area contributed by atoms with Crippen molar-refractivity contribution < 1.29 is 18.0 Å². The van der Waals surface area contributed by atoms with Gasteiger partial charge >= 0.3 is 0 Å². The highest BCUT2D eigenvalue weighted by atomic mass is 32.2. The van der Waals surface area contributed by atoms with Crippen LogP contribution in [0.5, 0.6) is 0 Å². The van der Waals surface area contributed by atoms with Gasteiger partial charge in [-0.15, -0.1) is 0 Å². The number of nitrogens with one attached hydrogen (secondary N) is 2. The molecule has 8 nitrogen and oxygen atoms in total. The van der Waals surface area contributed by atoms with Gasteiger partial charge in [0.2, 0.25) is 11.8 Å². The second-order valence-corrected chi connectivity index (χ2v) is 9.67. The Kier molecular flexibility index (Phi) is 6.98. The van der Waals surface area contributed by atoms with Crippen LogP contribution in [0.2, 0.25) is 0 Å². The Bertz CT molecular complexity index is 1140. The maximum absolute atomic E-state index is 13.2. The summed E-state index contributed by atoms with van der Waals surface area (Å²) in [5, 5.41) is 2.77. The zero-order valence-corrected chi connectivity index (χ0v) is 19.4. The van der Waals surface area contributed by atoms with Crippen molar-refractivity contribution in [2.24, 2.45) is 10.9 Å². The van der Waals surface area contributed by atoms with E-state index in [0.29, 0.717) is 17.7 Å². The molecule has 0 bridgehead atoms. The maximum Gasteiger partial charge on any atom is 0.263 e. The van der Waals surface area contributed by atoms with Gasteiger partial charge in [-0.3, -0.25) is 19.3 Å². The van der Waals surface area contributed by atoms with Gasteiger partial charge in [0.15, 0.2) is 0 Å². The molecule has 170 valence electrons. The summed E-state index contributed by atoms with van der Waals surface area (Å²) in [5.74, 6) is -0.687. The largest absolute Gasteiger partial charge is 0.335 e. The number of hydrogen-bond donors (Lipinski definition) is 2. The number of aryl methyl sites for hydroxylation is 1. The molecular formula is C23H28N4O4S. The normalized spacial score (nSPS) is 17.2. The molecule has 0 saturated heterocycles. The molecule has 2 amide bonds. The topological polar surface area (TPSA) is 108 Å². The van der Waals surface area contributed by atoms with E-state index >= 15 is 0 Å². The van der Waals surface area contributed by atoms with E-state index in [0.717, 1.165) is 5.56 Å². The summed E-state index contributed by atoms with van der Waals surface area (Å²) in [6, 6.07) is 13.1. The zero-order chi connectivity index (χ0) is 23.5. The van der Waals surface area contributed by atoms with E-state index in [-0.39, 0.29) is 35.0 Å². The van der Waals surface area contributed by atoms with Gasteiger partial charge in [0.05, 0.1) is 11.4 Å². The molecule has 2 N–H and O–H groups in total. The van der Waals surface area contributed by atoms with Crippen molar-refractivity contribution in [2.75, 3.05) is 18.9 Å². The lowest BCUT2D eigenvalue weighted by molar-refractivity contribution is -0.135. The molecule has 1 aliphatic rings. The van der Waals surface area contributed by atoms with Crippen molar-refractivity contribution in [1.29, 1.82) is 0 Å². The molecule has 0 unspecified atom stereocenters. The van der Waals surface area contributed by atoms with Crippen molar-refractivity contribution in [1.82, 2.24) is 9.62 Å². The van der Waals surface area contributed by atoms with E-state index < -0.39 is 16.1 Å². The number of anilines is 1. The van der Waals surface area contributed by atoms with Gasteiger partial charge in [-0.25, -0.2) is 8.42 Å². The van der Waals surface area contributed by atoms with Crippen LogP contribution in [-0.2, 0) is 19.6 Å². The molecule has 2 atom stereocenters. The fourth-order valence-corrected chi connectivity index (χ4v) is 4.61. The van der Waals surface area contributed by atoms with Crippen molar-refractivity contribution in [3.63, 3.8) is 0 Å². The smallest absolute Gasteiger partial charge is 0.263 e. The highest BCUT2D eigenvalue weighted by Crippen LogP contribution is 2.24. The third-order valence-electron chi connectivity index (χ3n) is 5.46. The molecule has 2 aromatic rings. The molecule has 9 heteroatoms. The van der Waals surface area contributed by atoms with E-state index in [9.17, 15) is 18.0 Å². The van der Waals surface area contributed by atoms with E-state index in [1.165, 1.54) is 11.0 Å². The van der Waals surface area contributed by atoms with E-state index in [1.807, 2.05) is 32.9 Å². The van der Waals surface area contributed by atoms with Crippen LogP contribution in [0.1, 0.15) is 31.4 Å². The number of rotatable bonds is 7. The summed E-state index contributed by atoms with van der Waals surface area (Å²) in [7, 11) is -2.16. The Morgan fingerprint density at radius 3 is 2.44 bits per heavy atom. The van der Waals surface area contributed by atoms with Crippen LogP contribution in [-0.4, -0.2) is 50.6 Å². The van der Waals surface area contributed by atoms with Crippen LogP contribution < -0.4 is 10.0 Å². The molecule has 0 aromatic heterocycles. The molecule has 1 heterocycles. The fraction of sp³-hybridized carbons (Fsp3) is 0.348. The average Bonchev–Trinajstić information content (AvgIpc) is 3.02. The average molecular weight is 457 g/mol. The second kappa shape index (κ2) is 9.52. The van der Waals surface area contributed by atoms with Gasteiger partial charge < -0.3 is 10.2 Å². The van der Waals surface area contributed by atoms with Crippen LogP contribution in [0, 0.1) is 12.8 Å². The third kappa shape index (κ3) is 5.16. The van der Waals surface area contributed by atoms with Gasteiger partial charge in [0, 0.05) is 18.3 Å². The van der Waals surface area contributed by atoms with Gasteiger partial charge in [0.1, 0.15) is 11.9 Å². The predicted molar refractivity (Wildman–Crippen MR) is 124 cm³/mol. The van der Waals surface area contributed by atoms with Crippen LogP contribution in [0.15, 0.2) is 58.4 Å². The minimum absolute atomic E-state index is 0.139. The molecule has 0 radical (unpaired) electrons. The van der Waals surface area contributed by atoms with Crippen molar-refractivity contribution in [2.45, 2.75) is 38.1 Å². The number of amidine groups is 1. The molecule has 0 spiro atoms. The maximum atomic E-state index is 13.2. The van der Waals surface area contributed by atoms with Crippen LogP contribution in [0.25, 0.3) is 0 Å². The molecule has 0 saturated carbocycles. The molecule has 1 aliphatic heterocycles. The van der Waals surface area contributed by atoms with Gasteiger partial charge in [-0.2, -0.15) is 0 Å². The van der Waals surface area contributed by atoms with E-state index in [1.54, 1.807) is 37.4 Å². The summed E-state index contributed by atoms with van der Waals surface area (Å²) >= 11 is 0. The minimum Gasteiger partial charge on any atom is -0.335 e. The summed E-state index contributed by atoms with van der Waals surface area (Å²) < 4.78 is 27.2. The quantitative estimate of drug-likeness (QED) is 0.667. The fourth-order valence-electron chi connectivity index (χ4n) is 3.37. The summed E-state index contributed by atoms with van der Waals surface area (Å²) in [6.07, 6.45) is 0.658. The molecule has 0 fully saturated rings. The van der Waals surface area contributed by atoms with Crippen molar-refractivity contribution in [3.8, 4) is 0 Å². The SMILES string of the molecule is CC[C@H](C)[C@H](N=C1NS(=O)(=O)c2ccccc21)C(=O)N(C)CC(=O)Nc1ccc(C)cc1. The number of carbonyl (C=O) groups excluding carboxylic acids is 2. The number of carbonyl (C=O) groups is 2. The number of amides is 2. The number of benzene rings is 2. The Hall–Kier alpha value is -3.20. The first-order chi connectivity index (χ1) is 15.1. The van der Waals surface area contributed by atoms with E-state index in [2.05, 4.69) is 15.0 Å². The zero-order valence-electron chi connectivity index (χ0n) is 18.6. The Labute approximate surface area is 188 Å². The number of aliphatic imine (C=N–C) groups is 1. The lowest BCUT2D eigenvalue weighted by Crippen LogP contribution is -2.43.